The Bertz CT molecular complexity index is 5600. The van der Waals surface area contributed by atoms with Crippen LogP contribution in [0, 0.1) is 5.92 Å². The Labute approximate surface area is 733 Å². The summed E-state index contributed by atoms with van der Waals surface area (Å²) in [5.74, 6) is -3.14. The van der Waals surface area contributed by atoms with Gasteiger partial charge in [-0.1, -0.05) is 111 Å². The fraction of sp³-hybridized carbons (Fsp3) is 0.368. The smallest absolute Gasteiger partial charge is 0.323 e. The number of nitrogens with zero attached hydrogens (tertiary/aromatic N) is 11. The summed E-state index contributed by atoms with van der Waals surface area (Å²) in [7, 11) is 11.6. The van der Waals surface area contributed by atoms with E-state index >= 15 is 0 Å². The van der Waals surface area contributed by atoms with E-state index in [0.29, 0.717) is 37.2 Å². The standard InChI is InChI=1S/C49H64N10O5.C46H49N9O7/c1-7-59-30-40(38-22-23-51-46-39(38)28-42(54-46)36-15-11-14-34(27-36)29-57(4)5)44(56-59)35-17-19-37(20-18-35)53-49(63)58(6)31-64-25-24-52-47(61)43(26-32(2)3)55-48(62)45(60)41(50)21-16-33-12-9-8-10-13-33;1-5-54-27-35(32-18-19-47-42-34(32)25-36(49-42)30-9-6-8-28(24-30)26-52(2)3)41(51-54)29-12-14-31(15-13-29)48-46(60)53(4)20-21-61-22-23-62-38-11-7-10-33-40(38)45(59)55(44(33)58)37-16-17-39(56)50-43(37)57/h8-15,17-20,22-23,27-28,32,40-41,43,45,60H,7,16,21,24-26,29-31,50H2,1-6H3,(H,51,54)(H,52,61)(H,53,63)(H,55,62);6-15,18-19,24-25,35,37H,5,16-17,20-23,26-27H2,1-4H3,(H,47,49)(H,48,60)(H,50,56,57). The van der Waals surface area contributed by atoms with Gasteiger partial charge in [0.05, 0.1) is 42.4 Å². The molecule has 4 aromatic heterocycles. The van der Waals surface area contributed by atoms with Gasteiger partial charge < -0.3 is 75.9 Å². The number of carbonyl (C=O) groups is 8. The monoisotopic (exact) mass is 1710 g/mol. The van der Waals surface area contributed by atoms with E-state index in [1.807, 2.05) is 105 Å². The Hall–Kier alpha value is -13.0. The van der Waals surface area contributed by atoms with Crippen LogP contribution in [0.2, 0.25) is 0 Å². The third-order valence-electron chi connectivity index (χ3n) is 22.5. The van der Waals surface area contributed by atoms with Crippen LogP contribution >= 0.6 is 0 Å². The number of ether oxygens (including phenoxy) is 3. The van der Waals surface area contributed by atoms with Crippen molar-refractivity contribution in [2.45, 2.75) is 109 Å². The minimum absolute atomic E-state index is 0.00899. The molecule has 14 rings (SSSR count). The summed E-state index contributed by atoms with van der Waals surface area (Å²) in [5, 5.41) is 40.5. The molecule has 31 heteroatoms. The van der Waals surface area contributed by atoms with Gasteiger partial charge >= 0.3 is 12.1 Å². The zero-order valence-corrected chi connectivity index (χ0v) is 73.0. The molecule has 31 nitrogen and oxygen atoms in total. The predicted molar refractivity (Wildman–Crippen MR) is 486 cm³/mol. The van der Waals surface area contributed by atoms with Gasteiger partial charge in [0, 0.05) is 137 Å². The maximum Gasteiger partial charge on any atom is 0.323 e. The number of likely N-dealkylation sites (N-methyl/N-ethyl adjacent to an activating group) is 3. The molecule has 1 fully saturated rings. The number of carbonyl (C=O) groups excluding carboxylic acids is 8. The number of imide groups is 2. The van der Waals surface area contributed by atoms with Gasteiger partial charge in [0.25, 0.3) is 17.7 Å². The number of benzene rings is 6. The summed E-state index contributed by atoms with van der Waals surface area (Å²) in [6.07, 6.45) is 3.74. The highest BCUT2D eigenvalue weighted by atomic mass is 16.5. The van der Waals surface area contributed by atoms with E-state index in [1.54, 1.807) is 26.2 Å². The molecule has 0 radical (unpaired) electrons. The van der Waals surface area contributed by atoms with E-state index in [1.165, 1.54) is 27.0 Å². The number of nitrogens with two attached hydrogens (primary N) is 1. The fourth-order valence-electron chi connectivity index (χ4n) is 16.0. The Kier molecular flexibility index (Phi) is 30.3. The third kappa shape index (κ3) is 22.5. The van der Waals surface area contributed by atoms with Crippen molar-refractivity contribution in [3.8, 4) is 28.3 Å². The van der Waals surface area contributed by atoms with Crippen molar-refractivity contribution >= 4 is 92.4 Å². The van der Waals surface area contributed by atoms with Crippen molar-refractivity contribution in [3.63, 3.8) is 0 Å². The molecular weight excluding hydrogens is 1600 g/mol. The number of aryl methyl sites for hydroxylation is 1. The average molecular weight is 1710 g/mol. The molecule has 0 bridgehead atoms. The molecule has 126 heavy (non-hydrogen) atoms. The van der Waals surface area contributed by atoms with E-state index in [-0.39, 0.29) is 99.2 Å². The Morgan fingerprint density at radius 1 is 0.595 bits per heavy atom. The van der Waals surface area contributed by atoms with E-state index in [9.17, 15) is 43.5 Å². The van der Waals surface area contributed by atoms with Crippen LogP contribution in [-0.4, -0.2) is 257 Å². The highest BCUT2D eigenvalue weighted by Crippen LogP contribution is 2.39. The minimum Gasteiger partial charge on any atom is -0.490 e. The summed E-state index contributed by atoms with van der Waals surface area (Å²) in [4.78, 5) is 127. The number of hydrogen-bond donors (Lipinski definition) is 9. The number of aromatic amines is 2. The van der Waals surface area contributed by atoms with Gasteiger partial charge in [-0.2, -0.15) is 10.2 Å². The number of anilines is 2. The van der Waals surface area contributed by atoms with E-state index in [2.05, 4.69) is 181 Å². The second kappa shape index (κ2) is 42.1. The van der Waals surface area contributed by atoms with Crippen molar-refractivity contribution in [2.24, 2.45) is 21.9 Å². The molecule has 6 atom stereocenters. The summed E-state index contributed by atoms with van der Waals surface area (Å²) >= 11 is 0. The lowest BCUT2D eigenvalue weighted by atomic mass is 9.89. The third-order valence-corrected chi connectivity index (χ3v) is 22.5. The number of urea groups is 2. The molecule has 0 saturated carbocycles. The van der Waals surface area contributed by atoms with Gasteiger partial charge in [-0.25, -0.2) is 19.6 Å². The molecule has 0 aliphatic carbocycles. The first-order valence-electron chi connectivity index (χ1n) is 42.8. The lowest BCUT2D eigenvalue weighted by Gasteiger charge is -2.27. The predicted octanol–water partition coefficient (Wildman–Crippen LogP) is 10.6. The lowest BCUT2D eigenvalue weighted by Crippen LogP contribution is -2.54. The molecular formula is C95H113N19O12. The molecule has 1 saturated heterocycles. The summed E-state index contributed by atoms with van der Waals surface area (Å²) in [6.45, 7) is 13.8. The number of hydrogen-bond acceptors (Lipinski definition) is 21. The normalized spacial score (nSPS) is 16.3. The van der Waals surface area contributed by atoms with Gasteiger partial charge in [0.15, 0.2) is 0 Å². The van der Waals surface area contributed by atoms with Crippen LogP contribution in [0.3, 0.4) is 0 Å². The molecule has 6 unspecified atom stereocenters. The highest BCUT2D eigenvalue weighted by Gasteiger charge is 2.46. The van der Waals surface area contributed by atoms with Crippen LogP contribution in [0.25, 0.3) is 44.6 Å². The largest absolute Gasteiger partial charge is 0.490 e. The quantitative estimate of drug-likeness (QED) is 0.0100. The van der Waals surface area contributed by atoms with Crippen LogP contribution in [0.1, 0.15) is 125 Å². The average Bonchev–Trinajstić information content (AvgIpc) is 1.60. The van der Waals surface area contributed by atoms with Crippen molar-refractivity contribution in [1.29, 1.82) is 0 Å². The zero-order chi connectivity index (χ0) is 89.2. The Morgan fingerprint density at radius 2 is 1.14 bits per heavy atom. The SMILES string of the molecule is CCN1CC(c2ccnc3[nH]c(-c4cccc(CN(C)C)c4)cc23)C(c2ccc(NC(=O)N(C)CCOCCOc3cccc4c3C(=O)N(C3CCC(=O)NC3=O)C4=O)cc2)=N1.CCN1CC(c2ccnc3[nH]c(-c4cccc(CN(C)C)c4)cc23)C(c2ccc(NC(=O)N(C)COCCNC(=O)C(CC(C)C)NC(=O)C(O)C(N)CCc3ccccc3)cc2)=N1. The van der Waals surface area contributed by atoms with Crippen molar-refractivity contribution in [2.75, 3.05) is 125 Å². The number of piperidine rings is 1. The fourth-order valence-corrected chi connectivity index (χ4v) is 16.0. The van der Waals surface area contributed by atoms with Crippen molar-refractivity contribution < 1.29 is 57.7 Å². The van der Waals surface area contributed by atoms with Gasteiger partial charge in [-0.05, 0) is 197 Å². The maximum absolute atomic E-state index is 13.3. The molecule has 0 spiro atoms. The van der Waals surface area contributed by atoms with Gasteiger partial charge in [-0.15, -0.1) is 0 Å². The van der Waals surface area contributed by atoms with E-state index in [4.69, 9.17) is 30.1 Å². The molecule has 660 valence electrons. The molecule has 10 aromatic rings. The molecule has 6 aromatic carbocycles. The first-order chi connectivity index (χ1) is 60.8. The first kappa shape index (κ1) is 90.7. The number of aliphatic hydroxyl groups is 1. The second-order valence-corrected chi connectivity index (χ2v) is 33.0. The van der Waals surface area contributed by atoms with Crippen LogP contribution in [-0.2, 0) is 48.2 Å². The van der Waals surface area contributed by atoms with Crippen LogP contribution in [0.5, 0.6) is 5.75 Å². The number of fused-ring (bicyclic) bond motifs is 3. The topological polar surface area (TPSA) is 375 Å². The van der Waals surface area contributed by atoms with E-state index in [0.717, 1.165) is 128 Å². The number of hydrazone groups is 2. The van der Waals surface area contributed by atoms with Crippen molar-refractivity contribution in [1.82, 2.24) is 70.4 Å². The van der Waals surface area contributed by atoms with Gasteiger partial charge in [0.1, 0.15) is 48.6 Å². The van der Waals surface area contributed by atoms with Crippen LogP contribution in [0.4, 0.5) is 21.0 Å². The molecule has 10 N–H and O–H groups in total. The van der Waals surface area contributed by atoms with E-state index < -0.39 is 59.7 Å². The first-order valence-corrected chi connectivity index (χ1v) is 42.8. The van der Waals surface area contributed by atoms with Crippen LogP contribution in [0.15, 0.2) is 192 Å². The molecule has 4 aliphatic heterocycles. The number of aliphatic hydroxyl groups excluding tert-OH is 1. The van der Waals surface area contributed by atoms with Gasteiger partial charge in [-0.3, -0.25) is 49.0 Å². The number of aromatic nitrogens is 4. The lowest BCUT2D eigenvalue weighted by molar-refractivity contribution is -0.136. The van der Waals surface area contributed by atoms with Gasteiger partial charge in [0.2, 0.25) is 17.7 Å². The molecule has 10 amide bonds. The number of H-pyrrole nitrogens is 2. The number of pyridine rings is 2. The minimum atomic E-state index is -1.46. The number of nitrogens with one attached hydrogen (secondary N) is 7. The second-order valence-electron chi connectivity index (χ2n) is 33.0. The van der Waals surface area contributed by atoms with Crippen LogP contribution < -0.4 is 37.1 Å². The molecule has 4 aliphatic rings. The summed E-state index contributed by atoms with van der Waals surface area (Å²) in [6, 6.07) is 52.1. The Balaban J connectivity index is 0.000000216. The van der Waals surface area contributed by atoms with Crippen molar-refractivity contribution in [3.05, 3.63) is 232 Å². The summed E-state index contributed by atoms with van der Waals surface area (Å²) < 4.78 is 17.2. The maximum atomic E-state index is 13.3. The Morgan fingerprint density at radius 3 is 1.68 bits per heavy atom. The summed E-state index contributed by atoms with van der Waals surface area (Å²) in [5.41, 5.74) is 23.2. The number of amides is 10. The molecule has 8 heterocycles. The zero-order valence-electron chi connectivity index (χ0n) is 73.0. The highest BCUT2D eigenvalue weighted by molar-refractivity contribution is 6.24. The number of rotatable bonds is 36.